The fourth-order valence-corrected chi connectivity index (χ4v) is 0.792. The van der Waals surface area contributed by atoms with Crippen LogP contribution in [-0.4, -0.2) is 75.4 Å². The van der Waals surface area contributed by atoms with Crippen LogP contribution >= 0.6 is 0 Å². The zero-order chi connectivity index (χ0) is 12.7. The second-order valence-corrected chi connectivity index (χ2v) is 2.97. The van der Waals surface area contributed by atoms with Gasteiger partial charge in [-0.25, -0.2) is 4.79 Å². The molecule has 0 aliphatic rings. The number of hydrogen-bond acceptors (Lipinski definition) is 8. The third-order valence-corrected chi connectivity index (χ3v) is 1.74. The lowest BCUT2D eigenvalue weighted by Gasteiger charge is -2.20. The van der Waals surface area contributed by atoms with E-state index in [1.807, 2.05) is 0 Å². The van der Waals surface area contributed by atoms with Crippen LogP contribution < -0.4 is 0 Å². The predicted octanol–water partition coefficient (Wildman–Crippen LogP) is -3.83. The number of hydrogen-bond donors (Lipinski definition) is 5. The van der Waals surface area contributed by atoms with Crippen LogP contribution in [0, 0.1) is 0 Å². The largest absolute Gasteiger partial charge is 0.456 e. The molecule has 0 saturated carbocycles. The average molecular weight is 238 g/mol. The Hall–Kier alpha value is -1.06. The molecule has 0 aromatic heterocycles. The van der Waals surface area contributed by atoms with Crippen molar-refractivity contribution < 1.29 is 39.9 Å². The van der Waals surface area contributed by atoms with E-state index >= 15 is 0 Å². The van der Waals surface area contributed by atoms with Crippen molar-refractivity contribution in [2.75, 3.05) is 19.8 Å². The van der Waals surface area contributed by atoms with Crippen molar-refractivity contribution in [2.24, 2.45) is 0 Å². The summed E-state index contributed by atoms with van der Waals surface area (Å²) in [7, 11) is 0. The summed E-state index contributed by atoms with van der Waals surface area (Å²) in [5, 5.41) is 43.9. The van der Waals surface area contributed by atoms with Gasteiger partial charge in [-0.2, -0.15) is 0 Å². The third kappa shape index (κ3) is 4.64. The maximum Gasteiger partial charge on any atom is 0.332 e. The van der Waals surface area contributed by atoms with Crippen LogP contribution in [0.2, 0.25) is 0 Å². The van der Waals surface area contributed by atoms with Crippen LogP contribution in [0.1, 0.15) is 0 Å². The van der Waals surface area contributed by atoms with Gasteiger partial charge in [0, 0.05) is 0 Å². The Morgan fingerprint density at radius 2 is 1.69 bits per heavy atom. The van der Waals surface area contributed by atoms with Crippen LogP contribution in [0.15, 0.2) is 0 Å². The van der Waals surface area contributed by atoms with Gasteiger partial charge in [0.25, 0.3) is 0 Å². The molecule has 5 N–H and O–H groups in total. The number of esters is 1. The lowest BCUT2D eigenvalue weighted by Crippen LogP contribution is -2.45. The molecule has 0 aliphatic heterocycles. The highest BCUT2D eigenvalue weighted by Gasteiger charge is 2.30. The first kappa shape index (κ1) is 14.9. The first-order valence-electron chi connectivity index (χ1n) is 4.38. The molecule has 16 heavy (non-hydrogen) atoms. The van der Waals surface area contributed by atoms with Crippen molar-refractivity contribution in [3.63, 3.8) is 0 Å². The Balaban J connectivity index is 4.12. The Morgan fingerprint density at radius 1 is 1.12 bits per heavy atom. The number of rotatable bonds is 7. The zero-order valence-electron chi connectivity index (χ0n) is 8.31. The summed E-state index contributed by atoms with van der Waals surface area (Å²) in [5.74, 6) is -2.11. The first-order chi connectivity index (χ1) is 7.43. The van der Waals surface area contributed by atoms with Gasteiger partial charge in [0.15, 0.2) is 6.61 Å². The minimum absolute atomic E-state index is 0.831. The van der Waals surface area contributed by atoms with E-state index in [0.717, 1.165) is 0 Å². The number of aliphatic hydroxyl groups is 5. The van der Waals surface area contributed by atoms with Crippen molar-refractivity contribution in [3.8, 4) is 0 Å². The number of carbonyl (C=O) groups excluding carboxylic acids is 2. The first-order valence-corrected chi connectivity index (χ1v) is 4.38. The van der Waals surface area contributed by atoms with Crippen LogP contribution in [0.4, 0.5) is 0 Å². The summed E-state index contributed by atoms with van der Waals surface area (Å²) >= 11 is 0. The van der Waals surface area contributed by atoms with Crippen molar-refractivity contribution >= 4 is 11.8 Å². The number of ether oxygens (including phenoxy) is 1. The van der Waals surface area contributed by atoms with Gasteiger partial charge >= 0.3 is 5.97 Å². The highest BCUT2D eigenvalue weighted by molar-refractivity contribution is 5.86. The van der Waals surface area contributed by atoms with Crippen molar-refractivity contribution in [3.05, 3.63) is 0 Å². The van der Waals surface area contributed by atoms with Gasteiger partial charge in [-0.3, -0.25) is 4.79 Å². The maximum atomic E-state index is 11.1. The van der Waals surface area contributed by atoms with E-state index in [1.54, 1.807) is 0 Å². The monoisotopic (exact) mass is 238 g/mol. The van der Waals surface area contributed by atoms with Crippen molar-refractivity contribution in [1.29, 1.82) is 0 Å². The molecule has 8 heteroatoms. The molecule has 0 rings (SSSR count). The molecule has 8 nitrogen and oxygen atoms in total. The highest BCUT2D eigenvalue weighted by Crippen LogP contribution is 2.01. The van der Waals surface area contributed by atoms with Crippen LogP contribution in [0.25, 0.3) is 0 Å². The van der Waals surface area contributed by atoms with E-state index in [2.05, 4.69) is 4.74 Å². The minimum atomic E-state index is -1.98. The van der Waals surface area contributed by atoms with Crippen LogP contribution in [0.3, 0.4) is 0 Å². The predicted molar refractivity (Wildman–Crippen MR) is 48.2 cm³/mol. The van der Waals surface area contributed by atoms with E-state index < -0.39 is 49.9 Å². The summed E-state index contributed by atoms with van der Waals surface area (Å²) < 4.78 is 4.18. The second kappa shape index (κ2) is 7.25. The van der Waals surface area contributed by atoms with Gasteiger partial charge in [-0.15, -0.1) is 0 Å². The molecule has 0 aliphatic carbocycles. The molecule has 0 amide bonds. The summed E-state index contributed by atoms with van der Waals surface area (Å²) in [5.41, 5.74) is 0. The van der Waals surface area contributed by atoms with Gasteiger partial charge in [0.1, 0.15) is 24.9 Å². The number of aliphatic hydroxyl groups excluding tert-OH is 5. The van der Waals surface area contributed by atoms with Crippen LogP contribution in [-0.2, 0) is 14.3 Å². The third-order valence-electron chi connectivity index (χ3n) is 1.74. The molecule has 0 fully saturated rings. The van der Waals surface area contributed by atoms with Gasteiger partial charge < -0.3 is 30.3 Å². The molecule has 0 bridgehead atoms. The lowest BCUT2D eigenvalue weighted by atomic mass is 10.1. The quantitative estimate of drug-likeness (QED) is 0.284. The molecule has 3 unspecified atom stereocenters. The molecule has 0 heterocycles. The van der Waals surface area contributed by atoms with E-state index in [4.69, 9.17) is 25.5 Å². The van der Waals surface area contributed by atoms with E-state index in [9.17, 15) is 9.59 Å². The van der Waals surface area contributed by atoms with Gasteiger partial charge in [0.2, 0.25) is 5.78 Å². The van der Waals surface area contributed by atoms with Gasteiger partial charge in [-0.05, 0) is 0 Å². The Labute approximate surface area is 90.7 Å². The fourth-order valence-electron chi connectivity index (χ4n) is 0.792. The standard InChI is InChI=1S/C8H14O8/c9-1-4(11)7(14)8(15)5(12)3-16-6(13)2-10/h4,7-11,14-15H,1-3H2. The molecule has 0 aromatic carbocycles. The summed E-state index contributed by atoms with van der Waals surface area (Å²) in [4.78, 5) is 21.5. The molecule has 94 valence electrons. The molecular weight excluding hydrogens is 224 g/mol. The molecule has 0 saturated heterocycles. The SMILES string of the molecule is O=C(CO)OCC(=O)C(O)C(O)C(O)CO. The Bertz CT molecular complexity index is 240. The van der Waals surface area contributed by atoms with Crippen LogP contribution in [0.5, 0.6) is 0 Å². The molecular formula is C8H14O8. The minimum Gasteiger partial charge on any atom is -0.456 e. The highest BCUT2D eigenvalue weighted by atomic mass is 16.5. The number of carbonyl (C=O) groups is 2. The molecule has 0 radical (unpaired) electrons. The normalized spacial score (nSPS) is 16.3. The molecule has 0 aromatic rings. The summed E-state index contributed by atoms with van der Waals surface area (Å²) in [6.07, 6.45) is -5.52. The summed E-state index contributed by atoms with van der Waals surface area (Å²) in [6.45, 7) is -2.58. The van der Waals surface area contributed by atoms with E-state index in [0.29, 0.717) is 0 Å². The Kier molecular flexibility index (Phi) is 6.77. The van der Waals surface area contributed by atoms with Gasteiger partial charge in [-0.1, -0.05) is 0 Å². The molecule has 3 atom stereocenters. The van der Waals surface area contributed by atoms with Gasteiger partial charge in [0.05, 0.1) is 6.61 Å². The molecule has 0 spiro atoms. The number of ketones is 1. The van der Waals surface area contributed by atoms with Crippen molar-refractivity contribution in [1.82, 2.24) is 0 Å². The fraction of sp³-hybridized carbons (Fsp3) is 0.750. The van der Waals surface area contributed by atoms with E-state index in [-0.39, 0.29) is 0 Å². The topological polar surface area (TPSA) is 145 Å². The lowest BCUT2D eigenvalue weighted by molar-refractivity contribution is -0.156. The summed E-state index contributed by atoms with van der Waals surface area (Å²) in [6, 6.07) is 0. The maximum absolute atomic E-state index is 11.1. The second-order valence-electron chi connectivity index (χ2n) is 2.97. The van der Waals surface area contributed by atoms with E-state index in [1.165, 1.54) is 0 Å². The zero-order valence-corrected chi connectivity index (χ0v) is 8.31. The smallest absolute Gasteiger partial charge is 0.332 e. The number of Topliss-reactive ketones (excluding diaryl/α,β-unsaturated/α-hetero) is 1. The van der Waals surface area contributed by atoms with Crippen molar-refractivity contribution in [2.45, 2.75) is 18.3 Å². The average Bonchev–Trinajstić information content (AvgIpc) is 2.32. The Morgan fingerprint density at radius 3 is 2.12 bits per heavy atom.